The molecule has 0 saturated heterocycles. The first kappa shape index (κ1) is 13.0. The van der Waals surface area contributed by atoms with E-state index in [2.05, 4.69) is 26.1 Å². The molecule has 1 aliphatic carbocycles. The molecule has 0 aliphatic heterocycles. The molecular formula is C13H27NO. The van der Waals surface area contributed by atoms with Crippen molar-refractivity contribution < 1.29 is 5.11 Å². The first-order valence-corrected chi connectivity index (χ1v) is 6.34. The molecule has 90 valence electrons. The molecule has 1 fully saturated rings. The number of hydrogen-bond acceptors (Lipinski definition) is 2. The third-order valence-corrected chi connectivity index (χ3v) is 3.29. The maximum atomic E-state index is 10.2. The summed E-state index contributed by atoms with van der Waals surface area (Å²) in [5.41, 5.74) is -0.0156. The van der Waals surface area contributed by atoms with Crippen molar-refractivity contribution in [2.45, 2.75) is 64.9 Å². The van der Waals surface area contributed by atoms with Crippen molar-refractivity contribution in [3.05, 3.63) is 0 Å². The predicted octanol–water partition coefficient (Wildman–Crippen LogP) is 2.71. The van der Waals surface area contributed by atoms with Crippen LogP contribution >= 0.6 is 0 Å². The second kappa shape index (κ2) is 5.31. The minimum absolute atomic E-state index is 0.391. The van der Waals surface area contributed by atoms with Gasteiger partial charge in [0.05, 0.1) is 5.60 Å². The molecule has 1 aliphatic rings. The monoisotopic (exact) mass is 213 g/mol. The lowest BCUT2D eigenvalue weighted by molar-refractivity contribution is 0.00462. The summed E-state index contributed by atoms with van der Waals surface area (Å²) in [6, 6.07) is 0. The molecule has 2 nitrogen and oxygen atoms in total. The molecule has 0 bridgehead atoms. The number of nitrogens with one attached hydrogen (secondary N) is 1. The smallest absolute Gasteiger partial charge is 0.0771 e. The van der Waals surface area contributed by atoms with E-state index in [4.69, 9.17) is 0 Å². The maximum Gasteiger partial charge on any atom is 0.0771 e. The van der Waals surface area contributed by atoms with E-state index in [1.807, 2.05) is 0 Å². The zero-order valence-electron chi connectivity index (χ0n) is 10.6. The van der Waals surface area contributed by atoms with Crippen LogP contribution in [0.4, 0.5) is 0 Å². The lowest BCUT2D eigenvalue weighted by Crippen LogP contribution is -2.42. The van der Waals surface area contributed by atoms with Crippen LogP contribution < -0.4 is 5.32 Å². The van der Waals surface area contributed by atoms with E-state index in [1.165, 1.54) is 25.7 Å². The largest absolute Gasteiger partial charge is 0.389 e. The third-order valence-electron chi connectivity index (χ3n) is 3.29. The fraction of sp³-hybridized carbons (Fsp3) is 1.00. The molecule has 0 aromatic rings. The molecule has 0 spiro atoms. The van der Waals surface area contributed by atoms with Gasteiger partial charge >= 0.3 is 0 Å². The Morgan fingerprint density at radius 2 is 1.73 bits per heavy atom. The third kappa shape index (κ3) is 5.53. The van der Waals surface area contributed by atoms with Gasteiger partial charge in [0.1, 0.15) is 0 Å². The Bertz CT molecular complexity index is 177. The molecular weight excluding hydrogens is 186 g/mol. The van der Waals surface area contributed by atoms with Crippen LogP contribution in [0.1, 0.15) is 59.3 Å². The van der Waals surface area contributed by atoms with Crippen molar-refractivity contribution in [3.63, 3.8) is 0 Å². The van der Waals surface area contributed by atoms with Gasteiger partial charge in [-0.05, 0) is 31.2 Å². The number of aliphatic hydroxyl groups is 1. The highest BCUT2D eigenvalue weighted by molar-refractivity contribution is 4.84. The van der Waals surface area contributed by atoms with Gasteiger partial charge in [0.2, 0.25) is 0 Å². The molecule has 0 radical (unpaired) electrons. The van der Waals surface area contributed by atoms with Crippen molar-refractivity contribution >= 4 is 0 Å². The van der Waals surface area contributed by atoms with Crippen molar-refractivity contribution in [1.29, 1.82) is 0 Å². The minimum Gasteiger partial charge on any atom is -0.389 e. The Balaban J connectivity index is 2.13. The molecule has 15 heavy (non-hydrogen) atoms. The van der Waals surface area contributed by atoms with E-state index in [1.54, 1.807) is 0 Å². The van der Waals surface area contributed by atoms with Crippen LogP contribution in [0, 0.1) is 5.41 Å². The zero-order valence-corrected chi connectivity index (χ0v) is 10.6. The molecule has 2 heteroatoms. The second-order valence-corrected chi connectivity index (χ2v) is 6.27. The van der Waals surface area contributed by atoms with Crippen LogP contribution in [0.15, 0.2) is 0 Å². The summed E-state index contributed by atoms with van der Waals surface area (Å²) in [4.78, 5) is 0. The Kier molecular flexibility index (Phi) is 4.60. The van der Waals surface area contributed by atoms with Crippen molar-refractivity contribution in [3.8, 4) is 0 Å². The summed E-state index contributed by atoms with van der Waals surface area (Å²) < 4.78 is 0. The van der Waals surface area contributed by atoms with Gasteiger partial charge in [-0.3, -0.25) is 0 Å². The van der Waals surface area contributed by atoms with Crippen LogP contribution in [0.2, 0.25) is 0 Å². The highest BCUT2D eigenvalue weighted by atomic mass is 16.3. The normalized spacial score (nSPS) is 21.6. The van der Waals surface area contributed by atoms with Gasteiger partial charge in [0.25, 0.3) is 0 Å². The SMILES string of the molecule is CC(C)(C)CCNCC1(O)CCCCC1. The summed E-state index contributed by atoms with van der Waals surface area (Å²) in [6.45, 7) is 8.56. The Morgan fingerprint density at radius 3 is 2.27 bits per heavy atom. The summed E-state index contributed by atoms with van der Waals surface area (Å²) in [5, 5.41) is 13.6. The number of hydrogen-bond donors (Lipinski definition) is 2. The molecule has 0 aromatic heterocycles. The maximum absolute atomic E-state index is 10.2. The fourth-order valence-corrected chi connectivity index (χ4v) is 2.17. The standard InChI is InChI=1S/C13H27NO/c1-12(2,3)9-10-14-11-13(15)7-5-4-6-8-13/h14-15H,4-11H2,1-3H3. The highest BCUT2D eigenvalue weighted by Gasteiger charge is 2.28. The molecule has 1 rings (SSSR count). The van der Waals surface area contributed by atoms with E-state index < -0.39 is 5.60 Å². The van der Waals surface area contributed by atoms with E-state index in [0.29, 0.717) is 5.41 Å². The van der Waals surface area contributed by atoms with Crippen molar-refractivity contribution in [2.75, 3.05) is 13.1 Å². The average molecular weight is 213 g/mol. The number of rotatable bonds is 4. The van der Waals surface area contributed by atoms with Gasteiger partial charge in [-0.2, -0.15) is 0 Å². The predicted molar refractivity (Wildman–Crippen MR) is 65.0 cm³/mol. The fourth-order valence-electron chi connectivity index (χ4n) is 2.17. The van der Waals surface area contributed by atoms with Gasteiger partial charge in [0, 0.05) is 6.54 Å². The molecule has 0 atom stereocenters. The topological polar surface area (TPSA) is 32.3 Å². The molecule has 0 amide bonds. The van der Waals surface area contributed by atoms with Gasteiger partial charge in [-0.25, -0.2) is 0 Å². The lowest BCUT2D eigenvalue weighted by Gasteiger charge is -2.32. The first-order valence-electron chi connectivity index (χ1n) is 6.34. The molecule has 1 saturated carbocycles. The van der Waals surface area contributed by atoms with E-state index in [-0.39, 0.29) is 0 Å². The van der Waals surface area contributed by atoms with E-state index in [0.717, 1.165) is 25.9 Å². The van der Waals surface area contributed by atoms with Crippen LogP contribution in [0.3, 0.4) is 0 Å². The van der Waals surface area contributed by atoms with Gasteiger partial charge in [-0.15, -0.1) is 0 Å². The lowest BCUT2D eigenvalue weighted by atomic mass is 9.84. The van der Waals surface area contributed by atoms with E-state index >= 15 is 0 Å². The summed E-state index contributed by atoms with van der Waals surface area (Å²) >= 11 is 0. The van der Waals surface area contributed by atoms with Crippen LogP contribution in [-0.2, 0) is 0 Å². The molecule has 2 N–H and O–H groups in total. The second-order valence-electron chi connectivity index (χ2n) is 6.27. The quantitative estimate of drug-likeness (QED) is 0.704. The summed E-state index contributed by atoms with van der Waals surface area (Å²) in [6.07, 6.45) is 6.81. The van der Waals surface area contributed by atoms with Crippen LogP contribution in [0.5, 0.6) is 0 Å². The van der Waals surface area contributed by atoms with Crippen molar-refractivity contribution in [1.82, 2.24) is 5.32 Å². The first-order chi connectivity index (χ1) is 6.91. The van der Waals surface area contributed by atoms with Crippen LogP contribution in [-0.4, -0.2) is 23.8 Å². The summed E-state index contributed by atoms with van der Waals surface area (Å²) in [7, 11) is 0. The Morgan fingerprint density at radius 1 is 1.13 bits per heavy atom. The summed E-state index contributed by atoms with van der Waals surface area (Å²) in [5.74, 6) is 0. The van der Waals surface area contributed by atoms with Crippen LogP contribution in [0.25, 0.3) is 0 Å². The average Bonchev–Trinajstić information content (AvgIpc) is 2.12. The van der Waals surface area contributed by atoms with Gasteiger partial charge in [-0.1, -0.05) is 40.0 Å². The van der Waals surface area contributed by atoms with Gasteiger partial charge < -0.3 is 10.4 Å². The minimum atomic E-state index is -0.407. The zero-order chi connectivity index (χ0) is 11.4. The molecule has 0 heterocycles. The Hall–Kier alpha value is -0.0800. The van der Waals surface area contributed by atoms with E-state index in [9.17, 15) is 5.11 Å². The molecule has 0 unspecified atom stereocenters. The molecule has 0 aromatic carbocycles. The van der Waals surface area contributed by atoms with Crippen molar-refractivity contribution in [2.24, 2.45) is 5.41 Å². The Labute approximate surface area is 94.5 Å². The highest BCUT2D eigenvalue weighted by Crippen LogP contribution is 2.27. The van der Waals surface area contributed by atoms with Gasteiger partial charge in [0.15, 0.2) is 0 Å².